The number of hydrogen-bond donors (Lipinski definition) is 3. The highest BCUT2D eigenvalue weighted by atomic mass is 16.3. The average molecular weight is 439 g/mol. The number of fused-ring (bicyclic) bond motifs is 1. The van der Waals surface area contributed by atoms with E-state index in [1.807, 2.05) is 17.0 Å². The summed E-state index contributed by atoms with van der Waals surface area (Å²) in [4.78, 5) is 36.3. The zero-order valence-corrected chi connectivity index (χ0v) is 18.3. The Morgan fingerprint density at radius 2 is 1.97 bits per heavy atom. The lowest BCUT2D eigenvalue weighted by atomic mass is 10.1. The second-order valence-corrected chi connectivity index (χ2v) is 8.40. The highest BCUT2D eigenvalue weighted by Crippen LogP contribution is 2.27. The molecule has 9 heteroatoms. The number of anilines is 2. The number of β-amino-alcohol motifs (C(OH)–C–C–N with tert-alkyl or cyclic N) is 1. The minimum atomic E-state index is -0.684. The van der Waals surface area contributed by atoms with E-state index in [2.05, 4.69) is 37.6 Å². The van der Waals surface area contributed by atoms with Crippen LogP contribution < -0.4 is 15.5 Å². The first-order valence-electron chi connectivity index (χ1n) is 11.1. The monoisotopic (exact) mass is 438 g/mol. The van der Waals surface area contributed by atoms with Crippen LogP contribution in [0.1, 0.15) is 35.8 Å². The molecule has 1 fully saturated rings. The number of amides is 2. The summed E-state index contributed by atoms with van der Waals surface area (Å²) in [5.41, 5.74) is 2.69. The summed E-state index contributed by atoms with van der Waals surface area (Å²) in [6.45, 7) is 4.50. The number of nitrogens with zero attached hydrogens (tertiary/aromatic N) is 4. The Bertz CT molecular complexity index is 960. The number of benzene rings is 1. The number of likely N-dealkylation sites (tertiary alicyclic amines) is 1. The maximum absolute atomic E-state index is 12.5. The molecule has 4 rings (SSSR count). The van der Waals surface area contributed by atoms with Crippen molar-refractivity contribution in [1.29, 1.82) is 0 Å². The lowest BCUT2D eigenvalue weighted by Crippen LogP contribution is -2.41. The Balaban J connectivity index is 1.25. The molecule has 0 aliphatic carbocycles. The van der Waals surface area contributed by atoms with Gasteiger partial charge in [0.1, 0.15) is 17.8 Å². The van der Waals surface area contributed by atoms with Crippen LogP contribution in [0.5, 0.6) is 0 Å². The van der Waals surface area contributed by atoms with Crippen LogP contribution in [0.2, 0.25) is 0 Å². The highest BCUT2D eigenvalue weighted by molar-refractivity contribution is 5.92. The second-order valence-electron chi connectivity index (χ2n) is 8.40. The van der Waals surface area contributed by atoms with Gasteiger partial charge in [0.2, 0.25) is 5.91 Å². The molecule has 3 N–H and O–H groups in total. The largest absolute Gasteiger partial charge is 0.389 e. The summed E-state index contributed by atoms with van der Waals surface area (Å²) in [5.74, 6) is 0.337. The molecule has 9 nitrogen and oxygen atoms in total. The summed E-state index contributed by atoms with van der Waals surface area (Å²) >= 11 is 0. The molecule has 2 amide bonds. The molecular weight excluding hydrogens is 408 g/mol. The van der Waals surface area contributed by atoms with Crippen molar-refractivity contribution in [2.45, 2.75) is 38.3 Å². The van der Waals surface area contributed by atoms with Crippen LogP contribution in [0.15, 0.2) is 36.7 Å². The number of aromatic nitrogens is 2. The molecule has 170 valence electrons. The predicted molar refractivity (Wildman–Crippen MR) is 122 cm³/mol. The number of para-hydroxylation sites is 1. The van der Waals surface area contributed by atoms with Crippen LogP contribution in [-0.2, 0) is 11.2 Å². The molecule has 0 bridgehead atoms. The van der Waals surface area contributed by atoms with E-state index in [-0.39, 0.29) is 30.1 Å². The number of carbonyl (C=O) groups is 2. The van der Waals surface area contributed by atoms with Crippen LogP contribution in [0.25, 0.3) is 0 Å². The lowest BCUT2D eigenvalue weighted by molar-refractivity contribution is -0.129. The van der Waals surface area contributed by atoms with Crippen molar-refractivity contribution in [3.8, 4) is 0 Å². The fourth-order valence-electron chi connectivity index (χ4n) is 4.32. The minimum Gasteiger partial charge on any atom is -0.389 e. The van der Waals surface area contributed by atoms with Gasteiger partial charge in [0.15, 0.2) is 0 Å². The van der Waals surface area contributed by atoms with Gasteiger partial charge in [-0.3, -0.25) is 9.59 Å². The number of aliphatic hydroxyl groups is 1. The molecule has 1 saturated heterocycles. The maximum Gasteiger partial charge on any atom is 0.270 e. The van der Waals surface area contributed by atoms with E-state index >= 15 is 0 Å². The number of rotatable bonds is 7. The summed E-state index contributed by atoms with van der Waals surface area (Å²) in [6, 6.07) is 10.0. The molecule has 32 heavy (non-hydrogen) atoms. The van der Waals surface area contributed by atoms with Crippen LogP contribution in [0.3, 0.4) is 0 Å². The predicted octanol–water partition coefficient (Wildman–Crippen LogP) is 1.05. The van der Waals surface area contributed by atoms with Crippen molar-refractivity contribution in [3.05, 3.63) is 47.9 Å². The van der Waals surface area contributed by atoms with E-state index in [4.69, 9.17) is 0 Å². The Labute approximate surface area is 187 Å². The molecule has 2 aliphatic heterocycles. The van der Waals surface area contributed by atoms with Gasteiger partial charge in [-0.25, -0.2) is 9.97 Å². The summed E-state index contributed by atoms with van der Waals surface area (Å²) < 4.78 is 0. The van der Waals surface area contributed by atoms with Gasteiger partial charge in [0, 0.05) is 57.4 Å². The molecular formula is C23H30N6O3. The average Bonchev–Trinajstić information content (AvgIpc) is 3.21. The first-order chi connectivity index (χ1) is 15.5. The van der Waals surface area contributed by atoms with Crippen molar-refractivity contribution in [3.63, 3.8) is 0 Å². The zero-order chi connectivity index (χ0) is 22.5. The molecule has 0 saturated carbocycles. The van der Waals surface area contributed by atoms with Gasteiger partial charge in [-0.15, -0.1) is 0 Å². The van der Waals surface area contributed by atoms with Crippen molar-refractivity contribution >= 4 is 23.3 Å². The third-order valence-corrected chi connectivity index (χ3v) is 6.10. The third kappa shape index (κ3) is 5.34. The molecule has 1 aromatic carbocycles. The van der Waals surface area contributed by atoms with Gasteiger partial charge in [-0.2, -0.15) is 0 Å². The van der Waals surface area contributed by atoms with Crippen molar-refractivity contribution in [1.82, 2.24) is 20.2 Å². The van der Waals surface area contributed by atoms with Crippen molar-refractivity contribution in [2.24, 2.45) is 0 Å². The Morgan fingerprint density at radius 3 is 2.75 bits per heavy atom. The molecule has 3 heterocycles. The highest BCUT2D eigenvalue weighted by Gasteiger charge is 2.22. The number of piperidine rings is 1. The van der Waals surface area contributed by atoms with E-state index in [0.717, 1.165) is 31.5 Å². The van der Waals surface area contributed by atoms with Gasteiger partial charge in [-0.1, -0.05) is 18.2 Å². The van der Waals surface area contributed by atoms with Crippen LogP contribution in [0, 0.1) is 0 Å². The van der Waals surface area contributed by atoms with Crippen molar-refractivity contribution < 1.29 is 14.7 Å². The molecule has 1 unspecified atom stereocenters. The number of hydrogen-bond acceptors (Lipinski definition) is 7. The third-order valence-electron chi connectivity index (χ3n) is 6.10. The smallest absolute Gasteiger partial charge is 0.270 e. The van der Waals surface area contributed by atoms with Gasteiger partial charge in [0.25, 0.3) is 5.91 Å². The van der Waals surface area contributed by atoms with E-state index in [0.29, 0.717) is 25.5 Å². The Kier molecular flexibility index (Phi) is 6.84. The number of nitrogens with one attached hydrogen (secondary N) is 2. The zero-order valence-electron chi connectivity index (χ0n) is 18.3. The van der Waals surface area contributed by atoms with E-state index in [9.17, 15) is 14.7 Å². The Hall–Kier alpha value is -3.20. The van der Waals surface area contributed by atoms with Crippen LogP contribution in [-0.4, -0.2) is 76.7 Å². The quantitative estimate of drug-likeness (QED) is 0.593. The van der Waals surface area contributed by atoms with Gasteiger partial charge >= 0.3 is 0 Å². The minimum absolute atomic E-state index is 0.0978. The maximum atomic E-state index is 12.5. The number of carbonyl (C=O) groups excluding carboxylic acids is 2. The molecule has 1 aromatic heterocycles. The van der Waals surface area contributed by atoms with Crippen molar-refractivity contribution in [2.75, 3.05) is 42.9 Å². The van der Waals surface area contributed by atoms with Crippen LogP contribution in [0.4, 0.5) is 11.5 Å². The van der Waals surface area contributed by atoms with Gasteiger partial charge in [0.05, 0.1) is 6.10 Å². The molecule has 2 aliphatic rings. The first-order valence-corrected chi connectivity index (χ1v) is 11.1. The summed E-state index contributed by atoms with van der Waals surface area (Å²) in [5, 5.41) is 16.5. The standard InChI is InChI=1S/C23H30N6O3/c1-16(30)28-10-7-18(8-11-28)27-22-12-20(25-15-26-22)23(32)24-13-19(31)14-29-9-6-17-4-2-3-5-21(17)29/h2-5,12,15,18-19,31H,6-11,13-14H2,1H3,(H,24,32)(H,25,26,27). The summed E-state index contributed by atoms with van der Waals surface area (Å²) in [7, 11) is 0. The topological polar surface area (TPSA) is 111 Å². The lowest BCUT2D eigenvalue weighted by Gasteiger charge is -2.31. The fraction of sp³-hybridized carbons (Fsp3) is 0.478. The van der Waals surface area contributed by atoms with Gasteiger partial charge in [-0.05, 0) is 30.9 Å². The van der Waals surface area contributed by atoms with E-state index < -0.39 is 6.10 Å². The van der Waals surface area contributed by atoms with Crippen LogP contribution >= 0.6 is 0 Å². The number of aliphatic hydroxyl groups excluding tert-OH is 1. The molecule has 1 atom stereocenters. The molecule has 0 radical (unpaired) electrons. The summed E-state index contributed by atoms with van der Waals surface area (Å²) in [6.07, 6.45) is 3.31. The van der Waals surface area contributed by atoms with Gasteiger partial charge < -0.3 is 25.5 Å². The molecule has 2 aromatic rings. The van der Waals surface area contributed by atoms with E-state index in [1.54, 1.807) is 13.0 Å². The normalized spacial score (nSPS) is 17.1. The van der Waals surface area contributed by atoms with E-state index in [1.165, 1.54) is 11.9 Å². The fourth-order valence-corrected chi connectivity index (χ4v) is 4.32. The molecule has 0 spiro atoms. The first kappa shape index (κ1) is 22.0. The second kappa shape index (κ2) is 9.95. The SMILES string of the molecule is CC(=O)N1CCC(Nc2cc(C(=O)NCC(O)CN3CCc4ccccc43)ncn2)CC1. The Morgan fingerprint density at radius 1 is 1.19 bits per heavy atom.